The molecule has 0 aromatic carbocycles. The van der Waals surface area contributed by atoms with Crippen LogP contribution in [0.2, 0.25) is 0 Å². The first kappa shape index (κ1) is 5.98. The highest BCUT2D eigenvalue weighted by molar-refractivity contribution is 7.99. The van der Waals surface area contributed by atoms with Crippen LogP contribution < -0.4 is 0 Å². The van der Waals surface area contributed by atoms with Crippen LogP contribution in [0, 0.1) is 0 Å². The maximum atomic E-state index is 4.23. The van der Waals surface area contributed by atoms with Crippen LogP contribution in [0.3, 0.4) is 0 Å². The second-order valence-corrected chi connectivity index (χ2v) is 3.12. The third kappa shape index (κ3) is 0.948. The van der Waals surface area contributed by atoms with Crippen molar-refractivity contribution >= 4 is 17.8 Å². The first-order chi connectivity index (χ1) is 4.97. The minimum absolute atomic E-state index is 1.06. The molecule has 50 valence electrons. The predicted octanol–water partition coefficient (Wildman–Crippen LogP) is 2.20. The van der Waals surface area contributed by atoms with Gasteiger partial charge in [-0.2, -0.15) is 0 Å². The highest BCUT2D eigenvalue weighted by Gasteiger charge is 2.02. The van der Waals surface area contributed by atoms with Crippen molar-refractivity contribution in [2.45, 2.75) is 5.03 Å². The summed E-state index contributed by atoms with van der Waals surface area (Å²) in [7, 11) is 0. The Morgan fingerprint density at radius 1 is 1.50 bits per heavy atom. The minimum atomic E-state index is 1.06. The van der Waals surface area contributed by atoms with E-state index in [1.807, 2.05) is 12.3 Å². The summed E-state index contributed by atoms with van der Waals surface area (Å²) < 4.78 is 0. The summed E-state index contributed by atoms with van der Waals surface area (Å²) in [6.07, 6.45) is 6.12. The molecule has 1 aromatic heterocycles. The van der Waals surface area contributed by atoms with E-state index in [2.05, 4.69) is 23.2 Å². The van der Waals surface area contributed by atoms with E-state index in [1.165, 1.54) is 5.56 Å². The van der Waals surface area contributed by atoms with Crippen LogP contribution in [0.5, 0.6) is 0 Å². The second-order valence-electron chi connectivity index (χ2n) is 2.11. The van der Waals surface area contributed by atoms with Crippen molar-refractivity contribution in [1.29, 1.82) is 0 Å². The van der Waals surface area contributed by atoms with Crippen LogP contribution in [0.25, 0.3) is 6.08 Å². The molecule has 0 atom stereocenters. The third-order valence-corrected chi connectivity index (χ3v) is 2.39. The molecule has 0 saturated carbocycles. The molecule has 0 saturated heterocycles. The lowest BCUT2D eigenvalue weighted by Gasteiger charge is -2.05. The van der Waals surface area contributed by atoms with Crippen LogP contribution in [-0.4, -0.2) is 10.7 Å². The van der Waals surface area contributed by atoms with Crippen molar-refractivity contribution in [3.8, 4) is 0 Å². The normalized spacial score (nSPS) is 14.8. The molecule has 0 radical (unpaired) electrons. The van der Waals surface area contributed by atoms with Gasteiger partial charge in [-0.05, 0) is 6.07 Å². The molecule has 2 heterocycles. The molecule has 1 aromatic rings. The van der Waals surface area contributed by atoms with Crippen molar-refractivity contribution in [3.05, 3.63) is 30.0 Å². The highest BCUT2D eigenvalue weighted by Crippen LogP contribution is 2.24. The van der Waals surface area contributed by atoms with Crippen LogP contribution >= 0.6 is 11.8 Å². The van der Waals surface area contributed by atoms with E-state index in [0.29, 0.717) is 0 Å². The molecule has 0 spiro atoms. The molecule has 0 bridgehead atoms. The molecule has 0 unspecified atom stereocenters. The molecule has 2 rings (SSSR count). The third-order valence-electron chi connectivity index (χ3n) is 1.41. The number of rotatable bonds is 0. The summed E-state index contributed by atoms with van der Waals surface area (Å²) in [6, 6.07) is 4.06. The zero-order valence-corrected chi connectivity index (χ0v) is 6.27. The quantitative estimate of drug-likeness (QED) is 0.561. The lowest BCUT2D eigenvalue weighted by atomic mass is 10.2. The summed E-state index contributed by atoms with van der Waals surface area (Å²) in [6.45, 7) is 0. The van der Waals surface area contributed by atoms with Gasteiger partial charge in [0.25, 0.3) is 0 Å². The zero-order chi connectivity index (χ0) is 6.81. The second kappa shape index (κ2) is 2.46. The van der Waals surface area contributed by atoms with Gasteiger partial charge in [0.1, 0.15) is 5.03 Å². The molecule has 0 aliphatic carbocycles. The predicted molar refractivity (Wildman–Crippen MR) is 44.0 cm³/mol. The molecule has 0 N–H and O–H groups in total. The standard InChI is InChI=1S/C8H7NS/c1-3-7-4-2-6-10-8(7)9-5-1/h1-5H,6H2. The van der Waals surface area contributed by atoms with Gasteiger partial charge < -0.3 is 0 Å². The van der Waals surface area contributed by atoms with Gasteiger partial charge in [0.05, 0.1) is 0 Å². The largest absolute Gasteiger partial charge is 0.249 e. The average Bonchev–Trinajstić information content (AvgIpc) is 2.05. The summed E-state index contributed by atoms with van der Waals surface area (Å²) in [4.78, 5) is 4.23. The van der Waals surface area contributed by atoms with Crippen molar-refractivity contribution < 1.29 is 0 Å². The van der Waals surface area contributed by atoms with Crippen LogP contribution in [0.4, 0.5) is 0 Å². The lowest BCUT2D eigenvalue weighted by molar-refractivity contribution is 1.12. The topological polar surface area (TPSA) is 12.9 Å². The fourth-order valence-corrected chi connectivity index (χ4v) is 1.74. The summed E-state index contributed by atoms with van der Waals surface area (Å²) >= 11 is 1.79. The molecule has 1 aliphatic rings. The highest BCUT2D eigenvalue weighted by atomic mass is 32.2. The maximum Gasteiger partial charge on any atom is 0.103 e. The van der Waals surface area contributed by atoms with Crippen LogP contribution in [-0.2, 0) is 0 Å². The molecule has 10 heavy (non-hydrogen) atoms. The van der Waals surface area contributed by atoms with E-state index in [1.54, 1.807) is 11.8 Å². The Hall–Kier alpha value is -0.760. The monoisotopic (exact) mass is 149 g/mol. The average molecular weight is 149 g/mol. The van der Waals surface area contributed by atoms with E-state index in [4.69, 9.17) is 0 Å². The molecule has 0 amide bonds. The molecular weight excluding hydrogens is 142 g/mol. The van der Waals surface area contributed by atoms with Gasteiger partial charge in [-0.1, -0.05) is 18.2 Å². The number of pyridine rings is 1. The number of hydrogen-bond acceptors (Lipinski definition) is 2. The summed E-state index contributed by atoms with van der Waals surface area (Å²) in [5.41, 5.74) is 1.25. The van der Waals surface area contributed by atoms with Gasteiger partial charge in [0.15, 0.2) is 0 Å². The van der Waals surface area contributed by atoms with Gasteiger partial charge in [0.2, 0.25) is 0 Å². The van der Waals surface area contributed by atoms with E-state index < -0.39 is 0 Å². The van der Waals surface area contributed by atoms with Gasteiger partial charge in [-0.25, -0.2) is 4.98 Å². The maximum absolute atomic E-state index is 4.23. The van der Waals surface area contributed by atoms with Crippen molar-refractivity contribution in [2.75, 3.05) is 5.75 Å². The Morgan fingerprint density at radius 3 is 3.40 bits per heavy atom. The zero-order valence-electron chi connectivity index (χ0n) is 5.45. The SMILES string of the molecule is C1=Cc2cccnc2SC1. The van der Waals surface area contributed by atoms with Gasteiger partial charge in [0, 0.05) is 17.5 Å². The Balaban J connectivity index is 2.54. The number of fused-ring (bicyclic) bond motifs is 1. The smallest absolute Gasteiger partial charge is 0.103 e. The fraction of sp³-hybridized carbons (Fsp3) is 0.125. The molecule has 1 aliphatic heterocycles. The van der Waals surface area contributed by atoms with Crippen LogP contribution in [0.1, 0.15) is 5.56 Å². The molecule has 0 fully saturated rings. The number of hydrogen-bond donors (Lipinski definition) is 0. The first-order valence-electron chi connectivity index (χ1n) is 3.21. The van der Waals surface area contributed by atoms with Crippen LogP contribution in [0.15, 0.2) is 29.4 Å². The van der Waals surface area contributed by atoms with E-state index in [9.17, 15) is 0 Å². The fourth-order valence-electron chi connectivity index (χ4n) is 0.953. The molecule has 2 heteroatoms. The Morgan fingerprint density at radius 2 is 2.50 bits per heavy atom. The van der Waals surface area contributed by atoms with Gasteiger partial charge >= 0.3 is 0 Å². The van der Waals surface area contributed by atoms with E-state index in [-0.39, 0.29) is 0 Å². The van der Waals surface area contributed by atoms with Gasteiger partial charge in [-0.15, -0.1) is 11.8 Å². The summed E-state index contributed by atoms with van der Waals surface area (Å²) in [5, 5.41) is 1.16. The Labute approximate surface area is 64.2 Å². The number of aromatic nitrogens is 1. The Kier molecular flexibility index (Phi) is 1.47. The van der Waals surface area contributed by atoms with E-state index in [0.717, 1.165) is 10.8 Å². The van der Waals surface area contributed by atoms with Crippen molar-refractivity contribution in [3.63, 3.8) is 0 Å². The summed E-state index contributed by atoms with van der Waals surface area (Å²) in [5.74, 6) is 1.06. The lowest BCUT2D eigenvalue weighted by Crippen LogP contribution is -1.89. The number of nitrogens with zero attached hydrogens (tertiary/aromatic N) is 1. The molecule has 1 nitrogen and oxygen atoms in total. The van der Waals surface area contributed by atoms with Crippen molar-refractivity contribution in [2.24, 2.45) is 0 Å². The van der Waals surface area contributed by atoms with Crippen molar-refractivity contribution in [1.82, 2.24) is 4.98 Å². The first-order valence-corrected chi connectivity index (χ1v) is 4.20. The minimum Gasteiger partial charge on any atom is -0.249 e. The number of thioether (sulfide) groups is 1. The molecular formula is C8H7NS. The van der Waals surface area contributed by atoms with Gasteiger partial charge in [-0.3, -0.25) is 0 Å². The Bertz CT molecular complexity index is 268. The van der Waals surface area contributed by atoms with E-state index >= 15 is 0 Å².